The van der Waals surface area contributed by atoms with Gasteiger partial charge in [-0.3, -0.25) is 4.79 Å². The molecule has 5 heteroatoms. The highest BCUT2D eigenvalue weighted by Crippen LogP contribution is 2.09. The van der Waals surface area contributed by atoms with Gasteiger partial charge in [-0.15, -0.1) is 0 Å². The maximum Gasteiger partial charge on any atom is 0.271 e. The van der Waals surface area contributed by atoms with Gasteiger partial charge in [0.05, 0.1) is 5.71 Å². The Morgan fingerprint density at radius 2 is 1.60 bits per heavy atom. The van der Waals surface area contributed by atoms with Gasteiger partial charge in [0.15, 0.2) is 0 Å². The fourth-order valence-electron chi connectivity index (χ4n) is 1.59. The van der Waals surface area contributed by atoms with Crippen LogP contribution < -0.4 is 11.2 Å². The fourth-order valence-corrected chi connectivity index (χ4v) is 1.72. The molecule has 2 rings (SSSR count). The number of carbonyl (C=O) groups excluding carboxylic acids is 1. The van der Waals surface area contributed by atoms with E-state index in [1.807, 2.05) is 19.1 Å². The van der Waals surface area contributed by atoms with E-state index in [2.05, 4.69) is 10.5 Å². The lowest BCUT2D eigenvalue weighted by Gasteiger charge is -2.03. The summed E-state index contributed by atoms with van der Waals surface area (Å²) < 4.78 is 0. The Morgan fingerprint density at radius 1 is 1.05 bits per heavy atom. The van der Waals surface area contributed by atoms with E-state index in [0.29, 0.717) is 22.0 Å². The largest absolute Gasteiger partial charge is 0.399 e. The van der Waals surface area contributed by atoms with Crippen LogP contribution in [0.5, 0.6) is 0 Å². The van der Waals surface area contributed by atoms with Gasteiger partial charge in [-0.1, -0.05) is 23.7 Å². The van der Waals surface area contributed by atoms with E-state index >= 15 is 0 Å². The summed E-state index contributed by atoms with van der Waals surface area (Å²) in [6.45, 7) is 1.81. The molecule has 4 nitrogen and oxygen atoms in total. The molecule has 0 aliphatic carbocycles. The van der Waals surface area contributed by atoms with Crippen molar-refractivity contribution in [3.05, 3.63) is 64.7 Å². The van der Waals surface area contributed by atoms with E-state index in [9.17, 15) is 4.79 Å². The van der Waals surface area contributed by atoms with Gasteiger partial charge in [0.1, 0.15) is 0 Å². The van der Waals surface area contributed by atoms with Crippen molar-refractivity contribution in [3.63, 3.8) is 0 Å². The summed E-state index contributed by atoms with van der Waals surface area (Å²) in [6, 6.07) is 13.9. The summed E-state index contributed by atoms with van der Waals surface area (Å²) in [5, 5.41) is 4.65. The summed E-state index contributed by atoms with van der Waals surface area (Å²) in [5.74, 6) is -0.281. The van der Waals surface area contributed by atoms with Crippen LogP contribution >= 0.6 is 11.6 Å². The summed E-state index contributed by atoms with van der Waals surface area (Å²) in [7, 11) is 0. The number of nitrogens with one attached hydrogen (secondary N) is 1. The molecule has 0 aliphatic rings. The number of amides is 1. The van der Waals surface area contributed by atoms with Crippen LogP contribution in [0.1, 0.15) is 22.8 Å². The number of halogens is 1. The van der Waals surface area contributed by atoms with Crippen molar-refractivity contribution < 1.29 is 4.79 Å². The number of hydrazone groups is 1. The van der Waals surface area contributed by atoms with Crippen LogP contribution in [0, 0.1) is 0 Å². The Hall–Kier alpha value is -2.33. The first-order valence-electron chi connectivity index (χ1n) is 6.02. The molecule has 0 radical (unpaired) electrons. The Bertz CT molecular complexity index is 633. The highest BCUT2D eigenvalue weighted by Gasteiger charge is 2.04. The smallest absolute Gasteiger partial charge is 0.271 e. The third-order valence-corrected chi connectivity index (χ3v) is 3.01. The van der Waals surface area contributed by atoms with Crippen LogP contribution in [0.15, 0.2) is 53.6 Å². The third kappa shape index (κ3) is 3.59. The highest BCUT2D eigenvalue weighted by molar-refractivity contribution is 6.30. The van der Waals surface area contributed by atoms with Crippen molar-refractivity contribution in [2.45, 2.75) is 6.92 Å². The number of nitrogens with zero attached hydrogens (tertiary/aromatic N) is 1. The second kappa shape index (κ2) is 6.21. The molecule has 2 aromatic carbocycles. The predicted molar refractivity (Wildman–Crippen MR) is 82.0 cm³/mol. The summed E-state index contributed by atoms with van der Waals surface area (Å²) in [6.07, 6.45) is 0. The molecule has 20 heavy (non-hydrogen) atoms. The van der Waals surface area contributed by atoms with E-state index in [0.717, 1.165) is 5.56 Å². The molecule has 3 N–H and O–H groups in total. The van der Waals surface area contributed by atoms with Crippen molar-refractivity contribution in [3.8, 4) is 0 Å². The quantitative estimate of drug-likeness (QED) is 0.517. The Balaban J connectivity index is 2.06. The standard InChI is InChI=1S/C15H14ClN3O/c1-10(11-4-8-14(17)9-5-11)18-19-15(20)12-2-6-13(16)7-3-12/h2-9H,17H2,1H3,(H,19,20)/b18-10+. The molecule has 0 aromatic heterocycles. The molecule has 2 aromatic rings. The maximum atomic E-state index is 11.9. The number of anilines is 1. The van der Waals surface area contributed by atoms with Gasteiger partial charge in [-0.25, -0.2) is 5.43 Å². The molecule has 0 fully saturated rings. The molecule has 0 aliphatic heterocycles. The lowest BCUT2D eigenvalue weighted by molar-refractivity contribution is 0.0955. The minimum Gasteiger partial charge on any atom is -0.399 e. The molecule has 0 saturated heterocycles. The highest BCUT2D eigenvalue weighted by atomic mass is 35.5. The molecular formula is C15H14ClN3O. The van der Waals surface area contributed by atoms with Gasteiger partial charge in [0.2, 0.25) is 0 Å². The molecule has 0 atom stereocenters. The first-order valence-corrected chi connectivity index (χ1v) is 6.40. The fraction of sp³-hybridized carbons (Fsp3) is 0.0667. The van der Waals surface area contributed by atoms with Gasteiger partial charge >= 0.3 is 0 Å². The van der Waals surface area contributed by atoms with Crippen LogP contribution in [-0.2, 0) is 0 Å². The minimum absolute atomic E-state index is 0.281. The number of benzene rings is 2. The molecule has 0 bridgehead atoms. The van der Waals surface area contributed by atoms with Gasteiger partial charge in [-0.05, 0) is 48.9 Å². The van der Waals surface area contributed by atoms with Gasteiger partial charge in [-0.2, -0.15) is 5.10 Å². The van der Waals surface area contributed by atoms with Crippen molar-refractivity contribution >= 4 is 28.9 Å². The average Bonchev–Trinajstić information content (AvgIpc) is 2.46. The summed E-state index contributed by atoms with van der Waals surface area (Å²) in [5.41, 5.74) is 10.9. The van der Waals surface area contributed by atoms with E-state index in [1.54, 1.807) is 36.4 Å². The zero-order valence-corrected chi connectivity index (χ0v) is 11.7. The number of nitrogens with two attached hydrogens (primary N) is 1. The second-order valence-corrected chi connectivity index (χ2v) is 4.70. The van der Waals surface area contributed by atoms with Crippen LogP contribution in [0.4, 0.5) is 5.69 Å². The van der Waals surface area contributed by atoms with Gasteiger partial charge in [0, 0.05) is 16.3 Å². The maximum absolute atomic E-state index is 11.9. The first kappa shape index (κ1) is 14.1. The van der Waals surface area contributed by atoms with Crippen molar-refractivity contribution in [2.75, 3.05) is 5.73 Å². The summed E-state index contributed by atoms with van der Waals surface area (Å²) in [4.78, 5) is 11.9. The number of hydrogen-bond donors (Lipinski definition) is 2. The van der Waals surface area contributed by atoms with Crippen molar-refractivity contribution in [1.29, 1.82) is 0 Å². The molecule has 0 heterocycles. The molecule has 0 saturated carbocycles. The second-order valence-electron chi connectivity index (χ2n) is 4.27. The van der Waals surface area contributed by atoms with Gasteiger partial charge in [0.25, 0.3) is 5.91 Å². The van der Waals surface area contributed by atoms with E-state index < -0.39 is 0 Å². The first-order chi connectivity index (χ1) is 9.56. The summed E-state index contributed by atoms with van der Waals surface area (Å²) >= 11 is 5.77. The average molecular weight is 288 g/mol. The molecule has 0 unspecified atom stereocenters. The number of rotatable bonds is 3. The normalized spacial score (nSPS) is 11.2. The monoisotopic (exact) mass is 287 g/mol. The molecular weight excluding hydrogens is 274 g/mol. The van der Waals surface area contributed by atoms with E-state index in [-0.39, 0.29) is 5.91 Å². The number of hydrogen-bond acceptors (Lipinski definition) is 3. The number of carbonyl (C=O) groups is 1. The SMILES string of the molecule is C/C(=N\NC(=O)c1ccc(Cl)cc1)c1ccc(N)cc1. The van der Waals surface area contributed by atoms with Crippen LogP contribution in [0.2, 0.25) is 5.02 Å². The third-order valence-electron chi connectivity index (χ3n) is 2.76. The lowest BCUT2D eigenvalue weighted by atomic mass is 10.1. The molecule has 0 spiro atoms. The van der Waals surface area contributed by atoms with Crippen molar-refractivity contribution in [1.82, 2.24) is 5.43 Å². The lowest BCUT2D eigenvalue weighted by Crippen LogP contribution is -2.19. The van der Waals surface area contributed by atoms with E-state index in [1.165, 1.54) is 0 Å². The Kier molecular flexibility index (Phi) is 4.38. The zero-order valence-electron chi connectivity index (χ0n) is 10.9. The topological polar surface area (TPSA) is 67.5 Å². The number of nitrogen functional groups attached to an aromatic ring is 1. The Morgan fingerprint density at radius 3 is 2.20 bits per heavy atom. The zero-order chi connectivity index (χ0) is 14.5. The molecule has 102 valence electrons. The van der Waals surface area contributed by atoms with Crippen LogP contribution in [0.25, 0.3) is 0 Å². The van der Waals surface area contributed by atoms with Crippen LogP contribution in [0.3, 0.4) is 0 Å². The van der Waals surface area contributed by atoms with Crippen molar-refractivity contribution in [2.24, 2.45) is 5.10 Å². The van der Waals surface area contributed by atoms with Crippen LogP contribution in [-0.4, -0.2) is 11.6 Å². The minimum atomic E-state index is -0.281. The van der Waals surface area contributed by atoms with Gasteiger partial charge < -0.3 is 5.73 Å². The molecule has 1 amide bonds. The Labute approximate surface area is 122 Å². The van der Waals surface area contributed by atoms with E-state index in [4.69, 9.17) is 17.3 Å². The predicted octanol–water partition coefficient (Wildman–Crippen LogP) is 3.08.